The van der Waals surface area contributed by atoms with Gasteiger partial charge in [-0.3, -0.25) is 14.5 Å². The molecule has 4 heterocycles. The van der Waals surface area contributed by atoms with Gasteiger partial charge in [-0.05, 0) is 57.0 Å². The molecule has 10 heteroatoms. The number of nitrogens with zero attached hydrogens (tertiary/aromatic N) is 5. The summed E-state index contributed by atoms with van der Waals surface area (Å²) in [5, 5.41) is 6.90. The van der Waals surface area contributed by atoms with E-state index < -0.39 is 0 Å². The first-order chi connectivity index (χ1) is 20.8. The fraction of sp³-hybridized carbons (Fsp3) is 0.424. The molecule has 0 saturated carbocycles. The fourth-order valence-electron chi connectivity index (χ4n) is 6.48. The van der Waals surface area contributed by atoms with Gasteiger partial charge in [0.05, 0.1) is 41.1 Å². The van der Waals surface area contributed by atoms with Crippen LogP contribution in [-0.4, -0.2) is 92.1 Å². The van der Waals surface area contributed by atoms with Gasteiger partial charge in [-0.1, -0.05) is 12.1 Å². The van der Waals surface area contributed by atoms with E-state index in [9.17, 15) is 9.59 Å². The summed E-state index contributed by atoms with van der Waals surface area (Å²) in [5.74, 6) is 1.16. The molecule has 1 atom stereocenters. The van der Waals surface area contributed by atoms with E-state index in [1.54, 1.807) is 18.1 Å². The topological polar surface area (TPSA) is 93.3 Å². The number of piperidine rings is 1. The molecule has 1 aromatic heterocycles. The van der Waals surface area contributed by atoms with Gasteiger partial charge in [-0.2, -0.15) is 0 Å². The van der Waals surface area contributed by atoms with Crippen LogP contribution in [0, 0.1) is 0 Å². The van der Waals surface area contributed by atoms with Crippen molar-refractivity contribution in [3.63, 3.8) is 0 Å². The number of ether oxygens (including phenoxy) is 1. The zero-order valence-corrected chi connectivity index (χ0v) is 25.5. The summed E-state index contributed by atoms with van der Waals surface area (Å²) in [5.41, 5.74) is 4.38. The Morgan fingerprint density at radius 3 is 2.58 bits per heavy atom. The van der Waals surface area contributed by atoms with Crippen LogP contribution in [0.5, 0.6) is 5.75 Å². The molecule has 3 aliphatic heterocycles. The molecule has 3 aliphatic rings. The highest BCUT2D eigenvalue weighted by atomic mass is 16.5. The number of likely N-dealkylation sites (tertiary alicyclic amines) is 1. The Labute approximate surface area is 253 Å². The summed E-state index contributed by atoms with van der Waals surface area (Å²) in [4.78, 5) is 39.5. The number of amides is 2. The predicted octanol–water partition coefficient (Wildman–Crippen LogP) is 4.48. The van der Waals surface area contributed by atoms with Crippen LogP contribution in [0.15, 0.2) is 54.7 Å². The maximum Gasteiger partial charge on any atom is 0.260 e. The second-order valence-corrected chi connectivity index (χ2v) is 11.6. The third-order valence-electron chi connectivity index (χ3n) is 8.84. The van der Waals surface area contributed by atoms with Gasteiger partial charge in [-0.25, -0.2) is 4.98 Å². The number of carbonyl (C=O) groups excluding carboxylic acids is 2. The lowest BCUT2D eigenvalue weighted by Crippen LogP contribution is -2.55. The SMILES string of the molecule is CCOc1cc(C(=O)N2CCC(N3CCN[C@@H](C)C3)CC2)ccc1Nc1cc2c(cn1)N(C)C(=O)c1ccccc1N2C. The highest BCUT2D eigenvalue weighted by Crippen LogP contribution is 2.40. The number of rotatable bonds is 6. The first-order valence-corrected chi connectivity index (χ1v) is 15.3. The van der Waals surface area contributed by atoms with E-state index in [0.717, 1.165) is 68.3 Å². The summed E-state index contributed by atoms with van der Waals surface area (Å²) in [6, 6.07) is 16.1. The summed E-state index contributed by atoms with van der Waals surface area (Å²) >= 11 is 0. The Morgan fingerprint density at radius 2 is 1.81 bits per heavy atom. The standard InChI is InChI=1S/C33H41N7O3/c1-5-43-30-18-23(32(41)39-15-12-24(13-16-39)40-17-14-34-22(2)21-40)10-11-26(30)36-31-19-28-29(20-35-31)38(4)33(42)25-8-6-7-9-27(25)37(28)3/h6-11,18-20,22,24,34H,5,12-17,21H2,1-4H3,(H,35,36)/t22-/m0/s1. The molecule has 10 nitrogen and oxygen atoms in total. The lowest BCUT2D eigenvalue weighted by Gasteiger charge is -2.42. The number of fused-ring (bicyclic) bond motifs is 2. The van der Waals surface area contributed by atoms with Crippen LogP contribution >= 0.6 is 0 Å². The lowest BCUT2D eigenvalue weighted by molar-refractivity contribution is 0.0573. The number of hydrogen-bond acceptors (Lipinski definition) is 8. The van der Waals surface area contributed by atoms with Gasteiger partial charge in [0.2, 0.25) is 0 Å². The second-order valence-electron chi connectivity index (χ2n) is 11.6. The molecule has 226 valence electrons. The van der Waals surface area contributed by atoms with Crippen LogP contribution < -0.4 is 25.2 Å². The molecule has 0 bridgehead atoms. The highest BCUT2D eigenvalue weighted by Gasteiger charge is 2.30. The summed E-state index contributed by atoms with van der Waals surface area (Å²) in [6.45, 7) is 9.33. The summed E-state index contributed by atoms with van der Waals surface area (Å²) < 4.78 is 5.99. The normalized spacial score (nSPS) is 19.5. The van der Waals surface area contributed by atoms with Gasteiger partial charge in [0.1, 0.15) is 11.6 Å². The Kier molecular flexibility index (Phi) is 8.23. The van der Waals surface area contributed by atoms with E-state index in [-0.39, 0.29) is 11.8 Å². The zero-order valence-electron chi connectivity index (χ0n) is 25.5. The van der Waals surface area contributed by atoms with E-state index in [4.69, 9.17) is 4.74 Å². The summed E-state index contributed by atoms with van der Waals surface area (Å²) in [7, 11) is 3.72. The number of nitrogens with one attached hydrogen (secondary N) is 2. The Bertz CT molecular complexity index is 1500. The minimum atomic E-state index is -0.0785. The van der Waals surface area contributed by atoms with Crippen molar-refractivity contribution in [1.82, 2.24) is 20.1 Å². The maximum atomic E-state index is 13.5. The van der Waals surface area contributed by atoms with Crippen LogP contribution in [0.4, 0.5) is 28.6 Å². The van der Waals surface area contributed by atoms with Crippen LogP contribution in [0.3, 0.4) is 0 Å². The van der Waals surface area contributed by atoms with Crippen molar-refractivity contribution in [3.8, 4) is 5.75 Å². The summed E-state index contributed by atoms with van der Waals surface area (Å²) in [6.07, 6.45) is 3.71. The van der Waals surface area contributed by atoms with Crippen molar-refractivity contribution < 1.29 is 14.3 Å². The van der Waals surface area contributed by atoms with Gasteiger partial charge >= 0.3 is 0 Å². The third-order valence-corrected chi connectivity index (χ3v) is 8.84. The molecule has 0 spiro atoms. The molecule has 6 rings (SSSR count). The van der Waals surface area contributed by atoms with Gasteiger partial charge in [-0.15, -0.1) is 0 Å². The molecule has 0 unspecified atom stereocenters. The molecule has 43 heavy (non-hydrogen) atoms. The third kappa shape index (κ3) is 5.77. The number of anilines is 5. The van der Waals surface area contributed by atoms with E-state index in [1.165, 1.54) is 0 Å². The van der Waals surface area contributed by atoms with E-state index in [2.05, 4.69) is 27.4 Å². The van der Waals surface area contributed by atoms with Crippen LogP contribution in [0.1, 0.15) is 47.4 Å². The number of para-hydroxylation sites is 1. The lowest BCUT2D eigenvalue weighted by atomic mass is 10.0. The van der Waals surface area contributed by atoms with Gasteiger partial charge < -0.3 is 30.1 Å². The molecule has 2 amide bonds. The molecular formula is C33H41N7O3. The molecule has 0 radical (unpaired) electrons. The fourth-order valence-corrected chi connectivity index (χ4v) is 6.48. The maximum absolute atomic E-state index is 13.5. The van der Waals surface area contributed by atoms with Crippen LogP contribution in [0.25, 0.3) is 0 Å². The van der Waals surface area contributed by atoms with Crippen LogP contribution in [-0.2, 0) is 0 Å². The average Bonchev–Trinajstić information content (AvgIpc) is 3.11. The van der Waals surface area contributed by atoms with E-state index in [1.807, 2.05) is 72.3 Å². The highest BCUT2D eigenvalue weighted by molar-refractivity contribution is 6.13. The minimum absolute atomic E-state index is 0.0378. The monoisotopic (exact) mass is 583 g/mol. The first kappa shape index (κ1) is 28.9. The van der Waals surface area contributed by atoms with E-state index in [0.29, 0.717) is 41.4 Å². The minimum Gasteiger partial charge on any atom is -0.492 e. The Hall–Kier alpha value is -4.15. The van der Waals surface area contributed by atoms with Gasteiger partial charge in [0.15, 0.2) is 0 Å². The van der Waals surface area contributed by atoms with Gasteiger partial charge in [0, 0.05) is 70.5 Å². The van der Waals surface area contributed by atoms with Crippen molar-refractivity contribution in [2.45, 2.75) is 38.8 Å². The molecule has 2 aromatic carbocycles. The number of carbonyl (C=O) groups is 2. The average molecular weight is 584 g/mol. The van der Waals surface area contributed by atoms with Crippen molar-refractivity contribution in [1.29, 1.82) is 0 Å². The molecule has 0 aliphatic carbocycles. The van der Waals surface area contributed by atoms with Crippen molar-refractivity contribution in [2.24, 2.45) is 0 Å². The molecule has 2 fully saturated rings. The van der Waals surface area contributed by atoms with Gasteiger partial charge in [0.25, 0.3) is 11.8 Å². The number of benzene rings is 2. The zero-order chi connectivity index (χ0) is 30.1. The Balaban J connectivity index is 1.19. The molecular weight excluding hydrogens is 542 g/mol. The number of piperazine rings is 1. The largest absolute Gasteiger partial charge is 0.492 e. The van der Waals surface area contributed by atoms with Crippen LogP contribution in [0.2, 0.25) is 0 Å². The van der Waals surface area contributed by atoms with E-state index >= 15 is 0 Å². The quantitative estimate of drug-likeness (QED) is 0.439. The second kappa shape index (κ2) is 12.2. The van der Waals surface area contributed by atoms with Crippen molar-refractivity contribution in [2.75, 3.05) is 68.5 Å². The molecule has 3 aromatic rings. The Morgan fingerprint density at radius 1 is 1.02 bits per heavy atom. The number of hydrogen-bond donors (Lipinski definition) is 2. The van der Waals surface area contributed by atoms with Crippen molar-refractivity contribution in [3.05, 3.63) is 65.9 Å². The smallest absolute Gasteiger partial charge is 0.260 e. The predicted molar refractivity (Wildman–Crippen MR) is 170 cm³/mol. The molecule has 2 N–H and O–H groups in total. The molecule has 2 saturated heterocycles. The number of pyridine rings is 1. The first-order valence-electron chi connectivity index (χ1n) is 15.3. The van der Waals surface area contributed by atoms with Crippen molar-refractivity contribution >= 4 is 40.4 Å². The number of aromatic nitrogens is 1.